The zero-order valence-electron chi connectivity index (χ0n) is 32.9. The lowest BCUT2D eigenvalue weighted by Crippen LogP contribution is -2.12. The Bertz CT molecular complexity index is 3010. The minimum Gasteiger partial charge on any atom is -0.456 e. The Labute approximate surface area is 339 Å². The smallest absolute Gasteiger partial charge is 0.164 e. The molecule has 280 valence electrons. The number of allylic oxidation sites excluding steroid dienone is 10. The third-order valence-electron chi connectivity index (χ3n) is 11.0. The van der Waals surface area contributed by atoms with Gasteiger partial charge < -0.3 is 4.42 Å². The first kappa shape index (κ1) is 36.5. The molecule has 0 aliphatic heterocycles. The van der Waals surface area contributed by atoms with Crippen LogP contribution in [0.1, 0.15) is 42.8 Å². The molecule has 0 saturated carbocycles. The molecule has 0 bridgehead atoms. The first-order valence-corrected chi connectivity index (χ1v) is 19.9. The van der Waals surface area contributed by atoms with Gasteiger partial charge in [0.15, 0.2) is 17.5 Å². The van der Waals surface area contributed by atoms with E-state index in [0.29, 0.717) is 17.5 Å². The van der Waals surface area contributed by atoms with Crippen molar-refractivity contribution in [3.05, 3.63) is 205 Å². The summed E-state index contributed by atoms with van der Waals surface area (Å²) >= 11 is 0. The number of hydrogen-bond acceptors (Lipinski definition) is 4. The highest BCUT2D eigenvalue weighted by Gasteiger charge is 2.23. The molecule has 1 aliphatic rings. The average molecular weight is 750 g/mol. The van der Waals surface area contributed by atoms with Gasteiger partial charge in [-0.05, 0) is 83.1 Å². The normalized spacial score (nSPS) is 15.9. The van der Waals surface area contributed by atoms with Gasteiger partial charge in [-0.25, -0.2) is 15.0 Å². The molecule has 0 saturated heterocycles. The van der Waals surface area contributed by atoms with Crippen molar-refractivity contribution < 1.29 is 4.42 Å². The topological polar surface area (TPSA) is 51.8 Å². The molecule has 8 aromatic rings. The second kappa shape index (κ2) is 15.8. The summed E-state index contributed by atoms with van der Waals surface area (Å²) in [5.74, 6) is 1.96. The first-order chi connectivity index (χ1) is 28.5. The van der Waals surface area contributed by atoms with Crippen molar-refractivity contribution in [3.8, 4) is 33.9 Å². The molecule has 58 heavy (non-hydrogen) atoms. The molecule has 0 spiro atoms. The van der Waals surface area contributed by atoms with Crippen molar-refractivity contribution in [2.24, 2.45) is 5.41 Å². The average Bonchev–Trinajstić information content (AvgIpc) is 3.64. The third kappa shape index (κ3) is 7.29. The van der Waals surface area contributed by atoms with Gasteiger partial charge in [-0.15, -0.1) is 0 Å². The van der Waals surface area contributed by atoms with Crippen molar-refractivity contribution in [1.82, 2.24) is 15.0 Å². The summed E-state index contributed by atoms with van der Waals surface area (Å²) in [6.45, 7) is 6.41. The number of furan rings is 1. The van der Waals surface area contributed by atoms with Gasteiger partial charge in [0.1, 0.15) is 11.2 Å². The fraction of sp³-hybridized carbons (Fsp3) is 0.0926. The summed E-state index contributed by atoms with van der Waals surface area (Å²) < 4.78 is 6.52. The second-order valence-corrected chi connectivity index (χ2v) is 15.1. The van der Waals surface area contributed by atoms with Crippen molar-refractivity contribution in [2.75, 3.05) is 0 Å². The number of fused-ring (bicyclic) bond motifs is 4. The van der Waals surface area contributed by atoms with Gasteiger partial charge in [-0.1, -0.05) is 177 Å². The summed E-state index contributed by atoms with van der Waals surface area (Å²) in [4.78, 5) is 15.3. The molecule has 0 fully saturated rings. The highest BCUT2D eigenvalue weighted by Crippen LogP contribution is 2.42. The lowest BCUT2D eigenvalue weighted by Gasteiger charge is -2.24. The van der Waals surface area contributed by atoms with Crippen LogP contribution in [-0.2, 0) is 0 Å². The summed E-state index contributed by atoms with van der Waals surface area (Å²) in [6.07, 6.45) is 24.4. The Kier molecular flexibility index (Phi) is 9.91. The maximum Gasteiger partial charge on any atom is 0.164 e. The standard InChI is InChI=1S/C54H43N3O/c1-4-5-15-33-54(3)34-31-41(32-35-54)52-55-51(40-21-7-6-8-22-40)56-53(57-52)46-30-29-44(42-23-13-14-24-43(42)46)45-25-16-26-48-50(45)47-28-27-38(36-49(47)58-48)18-10-12-20-39-19-11-9-17-37(39)2/h4-34,36H,35H2,1-3H3/b5-4-,18-10+,20-12-,33-15-. The van der Waals surface area contributed by atoms with E-state index in [0.717, 1.165) is 72.5 Å². The summed E-state index contributed by atoms with van der Waals surface area (Å²) in [6, 6.07) is 44.3. The van der Waals surface area contributed by atoms with Crippen molar-refractivity contribution in [3.63, 3.8) is 0 Å². The van der Waals surface area contributed by atoms with Crippen molar-refractivity contribution in [2.45, 2.75) is 27.2 Å². The number of aromatic nitrogens is 3. The molecule has 4 heteroatoms. The van der Waals surface area contributed by atoms with Crippen LogP contribution in [0.25, 0.3) is 84.3 Å². The van der Waals surface area contributed by atoms with Crippen LogP contribution < -0.4 is 0 Å². The number of rotatable bonds is 9. The lowest BCUT2D eigenvalue weighted by atomic mass is 9.81. The Morgan fingerprint density at radius 2 is 1.34 bits per heavy atom. The molecule has 4 nitrogen and oxygen atoms in total. The molecule has 1 atom stereocenters. The molecule has 9 rings (SSSR count). The van der Waals surface area contributed by atoms with Crippen molar-refractivity contribution in [1.29, 1.82) is 0 Å². The van der Waals surface area contributed by atoms with E-state index < -0.39 is 0 Å². The minimum absolute atomic E-state index is 0.0742. The number of aryl methyl sites for hydroxylation is 1. The van der Waals surface area contributed by atoms with Crippen LogP contribution in [-0.4, -0.2) is 15.0 Å². The van der Waals surface area contributed by atoms with Gasteiger partial charge in [0, 0.05) is 32.9 Å². The summed E-state index contributed by atoms with van der Waals surface area (Å²) in [5, 5.41) is 4.37. The zero-order chi connectivity index (χ0) is 39.5. The van der Waals surface area contributed by atoms with Gasteiger partial charge in [-0.3, -0.25) is 0 Å². The van der Waals surface area contributed by atoms with Crippen LogP contribution in [0.4, 0.5) is 0 Å². The van der Waals surface area contributed by atoms with Crippen LogP contribution in [0.15, 0.2) is 186 Å². The molecule has 6 aromatic carbocycles. The number of hydrogen-bond donors (Lipinski definition) is 0. The van der Waals surface area contributed by atoms with E-state index in [1.165, 1.54) is 11.1 Å². The molecule has 0 N–H and O–H groups in total. The van der Waals surface area contributed by atoms with Crippen LogP contribution >= 0.6 is 0 Å². The molecule has 1 aliphatic carbocycles. The van der Waals surface area contributed by atoms with Gasteiger partial charge >= 0.3 is 0 Å². The van der Waals surface area contributed by atoms with Gasteiger partial charge in [0.25, 0.3) is 0 Å². The second-order valence-electron chi connectivity index (χ2n) is 15.1. The molecular formula is C54H43N3O. The van der Waals surface area contributed by atoms with Crippen LogP contribution in [0.5, 0.6) is 0 Å². The highest BCUT2D eigenvalue weighted by molar-refractivity contribution is 6.16. The van der Waals surface area contributed by atoms with Crippen molar-refractivity contribution >= 4 is 50.4 Å². The molecule has 2 aromatic heterocycles. The van der Waals surface area contributed by atoms with Gasteiger partial charge in [0.2, 0.25) is 0 Å². The van der Waals surface area contributed by atoms with Crippen LogP contribution in [0, 0.1) is 12.3 Å². The predicted molar refractivity (Wildman–Crippen MR) is 244 cm³/mol. The van der Waals surface area contributed by atoms with E-state index in [1.807, 2.05) is 31.2 Å². The highest BCUT2D eigenvalue weighted by atomic mass is 16.3. The first-order valence-electron chi connectivity index (χ1n) is 19.9. The molecule has 1 unspecified atom stereocenters. The Morgan fingerprint density at radius 1 is 0.603 bits per heavy atom. The van der Waals surface area contributed by atoms with E-state index in [2.05, 4.69) is 184 Å². The third-order valence-corrected chi connectivity index (χ3v) is 11.0. The predicted octanol–water partition coefficient (Wildman–Crippen LogP) is 14.4. The molecular weight excluding hydrogens is 707 g/mol. The number of nitrogens with zero attached hydrogens (tertiary/aromatic N) is 3. The maximum absolute atomic E-state index is 6.52. The fourth-order valence-electron chi connectivity index (χ4n) is 7.76. The van der Waals surface area contributed by atoms with Crippen LogP contribution in [0.3, 0.4) is 0 Å². The number of benzene rings is 6. The quantitative estimate of drug-likeness (QED) is 0.138. The largest absolute Gasteiger partial charge is 0.456 e. The van der Waals surface area contributed by atoms with Crippen LogP contribution in [0.2, 0.25) is 0 Å². The monoisotopic (exact) mass is 749 g/mol. The zero-order valence-corrected chi connectivity index (χ0v) is 32.9. The summed E-state index contributed by atoms with van der Waals surface area (Å²) in [5.41, 5.74) is 10.3. The van der Waals surface area contributed by atoms with E-state index in [9.17, 15) is 0 Å². The maximum atomic E-state index is 6.52. The molecule has 0 radical (unpaired) electrons. The van der Waals surface area contributed by atoms with E-state index in [1.54, 1.807) is 0 Å². The lowest BCUT2D eigenvalue weighted by molar-refractivity contribution is 0.558. The van der Waals surface area contributed by atoms with E-state index in [-0.39, 0.29) is 5.41 Å². The Hall–Kier alpha value is -7.17. The minimum atomic E-state index is -0.0742. The Morgan fingerprint density at radius 3 is 2.16 bits per heavy atom. The van der Waals surface area contributed by atoms with Gasteiger partial charge in [-0.2, -0.15) is 0 Å². The molecule has 2 heterocycles. The van der Waals surface area contributed by atoms with Gasteiger partial charge in [0.05, 0.1) is 0 Å². The SMILES string of the molecule is C/C=C\C=C/C1(C)C=CC(c2nc(-c3ccccc3)nc(-c3ccc(-c4cccc5oc6cc(/C=C/C=C\c7ccccc7C)ccc6c45)c4ccccc34)n2)=CC1. The summed E-state index contributed by atoms with van der Waals surface area (Å²) in [7, 11) is 0. The van der Waals surface area contributed by atoms with E-state index >= 15 is 0 Å². The molecule has 0 amide bonds. The Balaban J connectivity index is 1.11. The fourth-order valence-corrected chi connectivity index (χ4v) is 7.76. The van der Waals surface area contributed by atoms with E-state index in [4.69, 9.17) is 19.4 Å².